The van der Waals surface area contributed by atoms with Gasteiger partial charge in [0.1, 0.15) is 39.7 Å². The Balaban J connectivity index is 1.92. The van der Waals surface area contributed by atoms with E-state index in [2.05, 4.69) is 5.32 Å². The summed E-state index contributed by atoms with van der Waals surface area (Å²) >= 11 is 0. The Bertz CT molecular complexity index is 1300. The predicted octanol–water partition coefficient (Wildman–Crippen LogP) is 3.39. The average Bonchev–Trinajstić information content (AvgIpc) is 2.99. The van der Waals surface area contributed by atoms with E-state index in [0.717, 1.165) is 6.08 Å². The van der Waals surface area contributed by atoms with Gasteiger partial charge >= 0.3 is 0 Å². The van der Waals surface area contributed by atoms with Crippen LogP contribution in [0.1, 0.15) is 42.3 Å². The minimum atomic E-state index is -1.58. The summed E-state index contributed by atoms with van der Waals surface area (Å²) < 4.78 is 5.73. The molecule has 4 rings (SSSR count). The first kappa shape index (κ1) is 21.2. The lowest BCUT2D eigenvalue weighted by Gasteiger charge is -2.29. The summed E-state index contributed by atoms with van der Waals surface area (Å²) in [4.78, 5) is 38.8. The second-order valence-corrected chi connectivity index (χ2v) is 8.06. The van der Waals surface area contributed by atoms with Crippen LogP contribution >= 0.6 is 0 Å². The molecule has 0 bridgehead atoms. The fraction of sp³-hybridized carbons (Fsp3) is 0.208. The molecule has 0 radical (unpaired) electrons. The van der Waals surface area contributed by atoms with Crippen molar-refractivity contribution in [3.05, 3.63) is 64.1 Å². The molecule has 0 fully saturated rings. The van der Waals surface area contributed by atoms with Crippen molar-refractivity contribution in [2.75, 3.05) is 5.32 Å². The number of hydrogen-bond acceptors (Lipinski definition) is 8. The molecule has 4 N–H and O–H groups in total. The van der Waals surface area contributed by atoms with Crippen molar-refractivity contribution in [1.29, 1.82) is 0 Å². The summed E-state index contributed by atoms with van der Waals surface area (Å²) in [5.41, 5.74) is -1.10. The van der Waals surface area contributed by atoms with Crippen LogP contribution in [0.2, 0.25) is 0 Å². The molecule has 1 aliphatic carbocycles. The van der Waals surface area contributed by atoms with Crippen molar-refractivity contribution in [3.63, 3.8) is 0 Å². The maximum atomic E-state index is 13.7. The molecule has 0 aromatic heterocycles. The molecule has 0 saturated heterocycles. The summed E-state index contributed by atoms with van der Waals surface area (Å²) in [5.74, 6) is -2.71. The van der Waals surface area contributed by atoms with Gasteiger partial charge in [0, 0.05) is 29.1 Å². The molecule has 1 aliphatic heterocycles. The zero-order chi connectivity index (χ0) is 23.5. The normalized spacial score (nSPS) is 20.8. The molecule has 0 saturated carbocycles. The standard InChI is InChI=1S/C24H21NO7/c1-10-20(29)18(12(3)26)22-19(21(10)30)24(4)16(32-22)9-15(28)17(23(24)31)11(2)25-13-6-5-7-14(27)8-13/h5-9,25,27,29-30H,1-4H3/b17-11-/t24-/m0/s1. The van der Waals surface area contributed by atoms with Crippen LogP contribution in [0.4, 0.5) is 5.69 Å². The van der Waals surface area contributed by atoms with Gasteiger partial charge in [-0.15, -0.1) is 0 Å². The number of rotatable bonds is 3. The zero-order valence-corrected chi connectivity index (χ0v) is 17.9. The molecule has 0 unspecified atom stereocenters. The van der Waals surface area contributed by atoms with Crippen LogP contribution in [0.3, 0.4) is 0 Å². The number of anilines is 1. The van der Waals surface area contributed by atoms with Crippen LogP contribution in [0.25, 0.3) is 0 Å². The molecule has 32 heavy (non-hydrogen) atoms. The van der Waals surface area contributed by atoms with Crippen LogP contribution in [0, 0.1) is 6.92 Å². The summed E-state index contributed by atoms with van der Waals surface area (Å²) in [7, 11) is 0. The van der Waals surface area contributed by atoms with E-state index in [-0.39, 0.29) is 51.0 Å². The maximum absolute atomic E-state index is 13.7. The lowest BCUT2D eigenvalue weighted by Crippen LogP contribution is -2.40. The summed E-state index contributed by atoms with van der Waals surface area (Å²) in [6, 6.07) is 6.20. The lowest BCUT2D eigenvalue weighted by atomic mass is 9.70. The highest BCUT2D eigenvalue weighted by atomic mass is 16.5. The monoisotopic (exact) mass is 435 g/mol. The van der Waals surface area contributed by atoms with Crippen molar-refractivity contribution < 1.29 is 34.4 Å². The Hall–Kier alpha value is -4.07. The summed E-state index contributed by atoms with van der Waals surface area (Å²) in [5, 5.41) is 33.8. The number of hydrogen-bond donors (Lipinski definition) is 4. The SMILES string of the molecule is CC(=O)c1c(O)c(C)c(O)c2c1OC1=CC(=O)/C(=C(\C)Nc3cccc(O)c3)C(=O)[C@@]12C. The van der Waals surface area contributed by atoms with Gasteiger partial charge in [0.05, 0.1) is 11.1 Å². The third kappa shape index (κ3) is 2.80. The van der Waals surface area contributed by atoms with Crippen LogP contribution < -0.4 is 10.1 Å². The summed E-state index contributed by atoms with van der Waals surface area (Å²) in [6.45, 7) is 5.71. The fourth-order valence-corrected chi connectivity index (χ4v) is 4.23. The van der Waals surface area contributed by atoms with Crippen LogP contribution in [0.15, 0.2) is 47.4 Å². The number of phenols is 3. The van der Waals surface area contributed by atoms with E-state index in [4.69, 9.17) is 4.74 Å². The first-order chi connectivity index (χ1) is 15.0. The molecule has 2 aromatic rings. The number of ketones is 3. The first-order valence-corrected chi connectivity index (χ1v) is 9.84. The van der Waals surface area contributed by atoms with Crippen LogP contribution in [0.5, 0.6) is 23.0 Å². The minimum Gasteiger partial charge on any atom is -0.508 e. The van der Waals surface area contributed by atoms with Gasteiger partial charge in [0.15, 0.2) is 17.3 Å². The van der Waals surface area contributed by atoms with Gasteiger partial charge in [-0.3, -0.25) is 14.4 Å². The van der Waals surface area contributed by atoms with Gasteiger partial charge in [-0.25, -0.2) is 0 Å². The molecule has 2 aliphatic rings. The Morgan fingerprint density at radius 1 is 1.09 bits per heavy atom. The highest BCUT2D eigenvalue weighted by molar-refractivity contribution is 6.31. The maximum Gasteiger partial charge on any atom is 0.194 e. The van der Waals surface area contributed by atoms with Crippen molar-refractivity contribution in [3.8, 4) is 23.0 Å². The molecule has 1 heterocycles. The zero-order valence-electron chi connectivity index (χ0n) is 17.9. The van der Waals surface area contributed by atoms with Crippen molar-refractivity contribution >= 4 is 23.0 Å². The number of fused-ring (bicyclic) bond motifs is 3. The molecule has 8 heteroatoms. The number of phenolic OH excluding ortho intramolecular Hbond substituents is 3. The molecule has 1 atom stereocenters. The number of carbonyl (C=O) groups excluding carboxylic acids is 3. The molecular weight excluding hydrogens is 414 g/mol. The van der Waals surface area contributed by atoms with E-state index in [0.29, 0.717) is 5.69 Å². The first-order valence-electron chi connectivity index (χ1n) is 9.84. The number of aromatic hydroxyl groups is 3. The fourth-order valence-electron chi connectivity index (χ4n) is 4.23. The number of allylic oxidation sites excluding steroid dienone is 4. The second kappa shape index (κ2) is 6.98. The number of nitrogens with one attached hydrogen (secondary N) is 1. The van der Waals surface area contributed by atoms with Crippen molar-refractivity contribution in [2.45, 2.75) is 33.1 Å². The van der Waals surface area contributed by atoms with Crippen molar-refractivity contribution in [2.24, 2.45) is 0 Å². The lowest BCUT2D eigenvalue weighted by molar-refractivity contribution is -0.123. The molecule has 2 aromatic carbocycles. The topological polar surface area (TPSA) is 133 Å². The number of benzene rings is 2. The Morgan fingerprint density at radius 2 is 1.78 bits per heavy atom. The number of carbonyl (C=O) groups is 3. The van der Waals surface area contributed by atoms with Gasteiger partial charge in [0.25, 0.3) is 0 Å². The Morgan fingerprint density at radius 3 is 2.41 bits per heavy atom. The summed E-state index contributed by atoms with van der Waals surface area (Å²) in [6.07, 6.45) is 1.15. The Labute approximate surface area is 183 Å². The molecule has 164 valence electrons. The van der Waals surface area contributed by atoms with Gasteiger partial charge in [-0.1, -0.05) is 6.07 Å². The van der Waals surface area contributed by atoms with E-state index in [1.54, 1.807) is 19.1 Å². The predicted molar refractivity (Wildman–Crippen MR) is 115 cm³/mol. The highest BCUT2D eigenvalue weighted by Crippen LogP contribution is 2.57. The van der Waals surface area contributed by atoms with Gasteiger partial charge in [-0.05, 0) is 39.8 Å². The number of Topliss-reactive ketones (excluding diaryl/α,β-unsaturated/α-hetero) is 2. The largest absolute Gasteiger partial charge is 0.508 e. The quantitative estimate of drug-likeness (QED) is 0.328. The molecule has 0 amide bonds. The van der Waals surface area contributed by atoms with Crippen LogP contribution in [-0.4, -0.2) is 32.7 Å². The number of ether oxygens (including phenoxy) is 1. The van der Waals surface area contributed by atoms with Gasteiger partial charge in [-0.2, -0.15) is 0 Å². The Kier molecular flexibility index (Phi) is 4.62. The van der Waals surface area contributed by atoms with E-state index < -0.39 is 28.5 Å². The van der Waals surface area contributed by atoms with E-state index in [9.17, 15) is 29.7 Å². The smallest absolute Gasteiger partial charge is 0.194 e. The van der Waals surface area contributed by atoms with E-state index in [1.165, 1.54) is 32.9 Å². The van der Waals surface area contributed by atoms with E-state index >= 15 is 0 Å². The van der Waals surface area contributed by atoms with Crippen LogP contribution in [-0.2, 0) is 15.0 Å². The van der Waals surface area contributed by atoms with Gasteiger partial charge < -0.3 is 25.4 Å². The van der Waals surface area contributed by atoms with Gasteiger partial charge in [0.2, 0.25) is 0 Å². The highest BCUT2D eigenvalue weighted by Gasteiger charge is 2.56. The average molecular weight is 435 g/mol. The second-order valence-electron chi connectivity index (χ2n) is 8.06. The molecule has 0 spiro atoms. The molecular formula is C24H21NO7. The van der Waals surface area contributed by atoms with E-state index in [1.807, 2.05) is 0 Å². The van der Waals surface area contributed by atoms with Crippen molar-refractivity contribution in [1.82, 2.24) is 0 Å². The third-order valence-corrected chi connectivity index (χ3v) is 5.94. The molecule has 8 nitrogen and oxygen atoms in total. The minimum absolute atomic E-state index is 0.0123. The third-order valence-electron chi connectivity index (χ3n) is 5.94.